The summed E-state index contributed by atoms with van der Waals surface area (Å²) in [5.74, 6) is 1.19. The Labute approximate surface area is 169 Å². The van der Waals surface area contributed by atoms with Crippen LogP contribution in [0.25, 0.3) is 0 Å². The standard InChI is InChI=1S/C22H22ClN3O2/c1-14-4-6-16(7-5-14)11-22(27)25-17-8-9-21(24-13-17)26-19-10-15(2)18(23)12-20(19)28-3/h4-10,12-13H,11H2,1-3H3,(H,24,26)(H,25,27). The number of hydrogen-bond donors (Lipinski definition) is 2. The SMILES string of the molecule is COc1cc(Cl)c(C)cc1Nc1ccc(NC(=O)Cc2ccc(C)cc2)cn1. The number of ether oxygens (including phenoxy) is 1. The van der Waals surface area contributed by atoms with E-state index in [-0.39, 0.29) is 5.91 Å². The highest BCUT2D eigenvalue weighted by Crippen LogP contribution is 2.32. The van der Waals surface area contributed by atoms with Crippen LogP contribution < -0.4 is 15.4 Å². The Balaban J connectivity index is 1.64. The molecule has 0 aliphatic heterocycles. The Morgan fingerprint density at radius 3 is 2.50 bits per heavy atom. The summed E-state index contributed by atoms with van der Waals surface area (Å²) in [7, 11) is 1.59. The van der Waals surface area contributed by atoms with Gasteiger partial charge in [0, 0.05) is 11.1 Å². The van der Waals surface area contributed by atoms with Gasteiger partial charge in [-0.2, -0.15) is 0 Å². The maximum atomic E-state index is 12.2. The lowest BCUT2D eigenvalue weighted by Crippen LogP contribution is -2.14. The predicted octanol–water partition coefficient (Wildman–Crippen LogP) is 5.29. The maximum Gasteiger partial charge on any atom is 0.228 e. The number of aryl methyl sites for hydroxylation is 2. The summed E-state index contributed by atoms with van der Waals surface area (Å²) in [6.07, 6.45) is 1.94. The van der Waals surface area contributed by atoms with Crippen molar-refractivity contribution >= 4 is 34.7 Å². The van der Waals surface area contributed by atoms with Crippen molar-refractivity contribution in [2.24, 2.45) is 0 Å². The normalized spacial score (nSPS) is 10.4. The summed E-state index contributed by atoms with van der Waals surface area (Å²) < 4.78 is 5.36. The van der Waals surface area contributed by atoms with Crippen LogP contribution in [0, 0.1) is 13.8 Å². The molecule has 0 unspecified atom stereocenters. The highest BCUT2D eigenvalue weighted by Gasteiger charge is 2.09. The Morgan fingerprint density at radius 2 is 1.86 bits per heavy atom. The van der Waals surface area contributed by atoms with E-state index >= 15 is 0 Å². The summed E-state index contributed by atoms with van der Waals surface area (Å²) in [4.78, 5) is 16.6. The molecule has 0 saturated carbocycles. The van der Waals surface area contributed by atoms with E-state index < -0.39 is 0 Å². The molecular weight excluding hydrogens is 374 g/mol. The highest BCUT2D eigenvalue weighted by molar-refractivity contribution is 6.31. The Morgan fingerprint density at radius 1 is 1.11 bits per heavy atom. The number of methoxy groups -OCH3 is 1. The van der Waals surface area contributed by atoms with Crippen LogP contribution in [-0.2, 0) is 11.2 Å². The molecule has 6 heteroatoms. The van der Waals surface area contributed by atoms with Gasteiger partial charge in [-0.1, -0.05) is 41.4 Å². The van der Waals surface area contributed by atoms with Gasteiger partial charge in [-0.3, -0.25) is 4.79 Å². The molecule has 144 valence electrons. The number of nitrogens with zero attached hydrogens (tertiary/aromatic N) is 1. The van der Waals surface area contributed by atoms with Crippen molar-refractivity contribution in [2.45, 2.75) is 20.3 Å². The number of carbonyl (C=O) groups excluding carboxylic acids is 1. The molecule has 0 bridgehead atoms. The van der Waals surface area contributed by atoms with Crippen LogP contribution >= 0.6 is 11.6 Å². The Kier molecular flexibility index (Phi) is 6.16. The van der Waals surface area contributed by atoms with Crippen LogP contribution in [0.3, 0.4) is 0 Å². The first-order chi connectivity index (χ1) is 13.4. The van der Waals surface area contributed by atoms with Crippen LogP contribution in [-0.4, -0.2) is 18.0 Å². The third-order valence-electron chi connectivity index (χ3n) is 4.28. The molecule has 0 aliphatic carbocycles. The van der Waals surface area contributed by atoms with E-state index in [1.807, 2.05) is 44.2 Å². The summed E-state index contributed by atoms with van der Waals surface area (Å²) in [6, 6.07) is 15.2. The minimum atomic E-state index is -0.0821. The fourth-order valence-corrected chi connectivity index (χ4v) is 2.86. The number of halogens is 1. The topological polar surface area (TPSA) is 63.2 Å². The molecule has 1 heterocycles. The quantitative estimate of drug-likeness (QED) is 0.595. The molecule has 28 heavy (non-hydrogen) atoms. The third-order valence-corrected chi connectivity index (χ3v) is 4.68. The average molecular weight is 396 g/mol. The lowest BCUT2D eigenvalue weighted by atomic mass is 10.1. The van der Waals surface area contributed by atoms with E-state index in [1.54, 1.807) is 31.5 Å². The molecule has 0 spiro atoms. The smallest absolute Gasteiger partial charge is 0.228 e. The zero-order valence-corrected chi connectivity index (χ0v) is 16.8. The molecule has 2 aromatic carbocycles. The summed E-state index contributed by atoms with van der Waals surface area (Å²) in [5.41, 5.74) is 4.49. The second-order valence-electron chi connectivity index (χ2n) is 6.57. The molecule has 3 aromatic rings. The van der Waals surface area contributed by atoms with E-state index in [4.69, 9.17) is 16.3 Å². The van der Waals surface area contributed by atoms with Crippen molar-refractivity contribution < 1.29 is 9.53 Å². The second-order valence-corrected chi connectivity index (χ2v) is 6.98. The summed E-state index contributed by atoms with van der Waals surface area (Å²) >= 11 is 6.14. The molecule has 1 amide bonds. The van der Waals surface area contributed by atoms with Gasteiger partial charge < -0.3 is 15.4 Å². The average Bonchev–Trinajstić information content (AvgIpc) is 2.68. The van der Waals surface area contributed by atoms with Crippen molar-refractivity contribution in [3.8, 4) is 5.75 Å². The number of carbonyl (C=O) groups is 1. The van der Waals surface area contributed by atoms with Gasteiger partial charge in [0.15, 0.2) is 0 Å². The van der Waals surface area contributed by atoms with Crippen LogP contribution in [0.1, 0.15) is 16.7 Å². The van der Waals surface area contributed by atoms with Crippen molar-refractivity contribution in [1.29, 1.82) is 0 Å². The molecule has 0 saturated heterocycles. The maximum absolute atomic E-state index is 12.2. The van der Waals surface area contributed by atoms with E-state index in [0.717, 1.165) is 16.8 Å². The van der Waals surface area contributed by atoms with Crippen molar-refractivity contribution in [3.05, 3.63) is 76.4 Å². The Bertz CT molecular complexity index is 970. The third kappa shape index (κ3) is 5.02. The molecular formula is C22H22ClN3O2. The molecule has 0 radical (unpaired) electrons. The number of rotatable bonds is 6. The molecule has 3 rings (SSSR count). The van der Waals surface area contributed by atoms with Crippen molar-refractivity contribution in [3.63, 3.8) is 0 Å². The number of benzene rings is 2. The lowest BCUT2D eigenvalue weighted by molar-refractivity contribution is -0.115. The van der Waals surface area contributed by atoms with Gasteiger partial charge >= 0.3 is 0 Å². The van der Waals surface area contributed by atoms with Gasteiger partial charge in [0.2, 0.25) is 5.91 Å². The highest BCUT2D eigenvalue weighted by atomic mass is 35.5. The number of amides is 1. The van der Waals surface area contributed by atoms with Gasteiger partial charge in [-0.05, 0) is 43.2 Å². The minimum absolute atomic E-state index is 0.0821. The first-order valence-corrected chi connectivity index (χ1v) is 9.25. The van der Waals surface area contributed by atoms with Crippen molar-refractivity contribution in [1.82, 2.24) is 4.98 Å². The molecule has 5 nitrogen and oxygen atoms in total. The molecule has 0 aliphatic rings. The number of nitrogens with one attached hydrogen (secondary N) is 2. The number of aromatic nitrogens is 1. The second kappa shape index (κ2) is 8.76. The van der Waals surface area contributed by atoms with Gasteiger partial charge in [0.1, 0.15) is 11.6 Å². The van der Waals surface area contributed by atoms with Gasteiger partial charge in [-0.25, -0.2) is 4.98 Å². The number of pyridine rings is 1. The van der Waals surface area contributed by atoms with E-state index in [2.05, 4.69) is 15.6 Å². The van der Waals surface area contributed by atoms with Gasteiger partial charge in [0.05, 0.1) is 31.1 Å². The summed E-state index contributed by atoms with van der Waals surface area (Å²) in [5, 5.41) is 6.71. The van der Waals surface area contributed by atoms with E-state index in [9.17, 15) is 4.79 Å². The molecule has 0 fully saturated rings. The fraction of sp³-hybridized carbons (Fsp3) is 0.182. The predicted molar refractivity (Wildman–Crippen MR) is 114 cm³/mol. The van der Waals surface area contributed by atoms with Gasteiger partial charge in [0.25, 0.3) is 0 Å². The number of hydrogen-bond acceptors (Lipinski definition) is 4. The zero-order valence-electron chi connectivity index (χ0n) is 16.0. The largest absolute Gasteiger partial charge is 0.495 e. The first-order valence-electron chi connectivity index (χ1n) is 8.87. The zero-order chi connectivity index (χ0) is 20.1. The van der Waals surface area contributed by atoms with E-state index in [0.29, 0.717) is 28.7 Å². The lowest BCUT2D eigenvalue weighted by Gasteiger charge is -2.13. The fourth-order valence-electron chi connectivity index (χ4n) is 2.71. The Hall–Kier alpha value is -3.05. The van der Waals surface area contributed by atoms with Crippen LogP contribution in [0.5, 0.6) is 5.75 Å². The van der Waals surface area contributed by atoms with Crippen LogP contribution in [0.4, 0.5) is 17.2 Å². The van der Waals surface area contributed by atoms with Crippen molar-refractivity contribution in [2.75, 3.05) is 17.7 Å². The number of anilines is 3. The van der Waals surface area contributed by atoms with Gasteiger partial charge in [-0.15, -0.1) is 0 Å². The van der Waals surface area contributed by atoms with Crippen LogP contribution in [0.15, 0.2) is 54.7 Å². The minimum Gasteiger partial charge on any atom is -0.495 e. The molecule has 0 atom stereocenters. The molecule has 1 aromatic heterocycles. The molecule has 2 N–H and O–H groups in total. The van der Waals surface area contributed by atoms with Crippen LogP contribution in [0.2, 0.25) is 5.02 Å². The first kappa shape index (κ1) is 19.7. The summed E-state index contributed by atoms with van der Waals surface area (Å²) in [6.45, 7) is 3.94. The monoisotopic (exact) mass is 395 g/mol. The van der Waals surface area contributed by atoms with E-state index in [1.165, 1.54) is 5.56 Å².